The van der Waals surface area contributed by atoms with Gasteiger partial charge in [-0.2, -0.15) is 0 Å². The van der Waals surface area contributed by atoms with Gasteiger partial charge in [-0.3, -0.25) is 0 Å². The number of halogens is 1. The monoisotopic (exact) mass is 268 g/mol. The van der Waals surface area contributed by atoms with Gasteiger partial charge in [-0.15, -0.1) is 0 Å². The van der Waals surface area contributed by atoms with Gasteiger partial charge in [0.2, 0.25) is 0 Å². The summed E-state index contributed by atoms with van der Waals surface area (Å²) in [6, 6.07) is 11.6. The van der Waals surface area contributed by atoms with Crippen molar-refractivity contribution < 1.29 is 14.3 Å². The van der Waals surface area contributed by atoms with E-state index in [-0.39, 0.29) is 11.4 Å². The van der Waals surface area contributed by atoms with E-state index in [0.717, 1.165) is 29.5 Å². The lowest BCUT2D eigenvalue weighted by Crippen LogP contribution is -2.05. The van der Waals surface area contributed by atoms with Crippen LogP contribution in [-0.4, -0.2) is 11.1 Å². The Morgan fingerprint density at radius 1 is 1.10 bits per heavy atom. The molecule has 1 aliphatic carbocycles. The molecule has 0 saturated heterocycles. The zero-order valence-corrected chi connectivity index (χ0v) is 10.8. The number of fused-ring (bicyclic) bond motifs is 1. The minimum absolute atomic E-state index is 0.230. The number of aromatic carboxylic acids is 1. The number of benzene rings is 2. The van der Waals surface area contributed by atoms with Crippen molar-refractivity contribution in [2.75, 3.05) is 0 Å². The van der Waals surface area contributed by atoms with Crippen LogP contribution in [-0.2, 0) is 6.42 Å². The number of aryl methyl sites for hydroxylation is 1. The van der Waals surface area contributed by atoms with Crippen LogP contribution in [0.1, 0.15) is 33.5 Å². The maximum Gasteiger partial charge on any atom is 0.335 e. The lowest BCUT2D eigenvalue weighted by atomic mass is 9.86. The van der Waals surface area contributed by atoms with Crippen LogP contribution >= 0.6 is 0 Å². The number of rotatable bonds is 2. The summed E-state index contributed by atoms with van der Waals surface area (Å²) in [5, 5.41) is 9.10. The molecular formula is C17H13FO2. The van der Waals surface area contributed by atoms with Gasteiger partial charge in [0.1, 0.15) is 5.82 Å². The minimum Gasteiger partial charge on any atom is -0.478 e. The number of carboxylic acid groups (broad SMARTS) is 1. The fourth-order valence-electron chi connectivity index (χ4n) is 2.59. The maximum absolute atomic E-state index is 14.0. The molecule has 0 aromatic heterocycles. The normalized spacial score (nSPS) is 13.6. The van der Waals surface area contributed by atoms with Crippen molar-refractivity contribution in [3.8, 4) is 0 Å². The number of carboxylic acids is 1. The summed E-state index contributed by atoms with van der Waals surface area (Å²) < 4.78 is 14.0. The number of hydrogen-bond acceptors (Lipinski definition) is 1. The van der Waals surface area contributed by atoms with Crippen molar-refractivity contribution >= 4 is 11.5 Å². The summed E-state index contributed by atoms with van der Waals surface area (Å²) in [6.07, 6.45) is 3.67. The van der Waals surface area contributed by atoms with Gasteiger partial charge in [0.15, 0.2) is 0 Å². The molecule has 1 aliphatic rings. The Morgan fingerprint density at radius 2 is 1.90 bits per heavy atom. The molecule has 0 amide bonds. The summed E-state index contributed by atoms with van der Waals surface area (Å²) in [5.41, 5.74) is 3.42. The van der Waals surface area contributed by atoms with E-state index in [9.17, 15) is 9.18 Å². The third-order valence-corrected chi connectivity index (χ3v) is 3.57. The van der Waals surface area contributed by atoms with Crippen LogP contribution in [0.3, 0.4) is 0 Å². The second-order valence-electron chi connectivity index (χ2n) is 4.81. The van der Waals surface area contributed by atoms with Gasteiger partial charge in [0, 0.05) is 5.56 Å². The molecule has 0 radical (unpaired) electrons. The topological polar surface area (TPSA) is 37.3 Å². The first-order valence-corrected chi connectivity index (χ1v) is 6.48. The molecule has 0 unspecified atom stereocenters. The van der Waals surface area contributed by atoms with Crippen LogP contribution in [0.2, 0.25) is 0 Å². The molecule has 0 saturated carbocycles. The highest BCUT2D eigenvalue weighted by Gasteiger charge is 2.18. The molecule has 0 heterocycles. The predicted molar refractivity (Wildman–Crippen MR) is 75.2 cm³/mol. The van der Waals surface area contributed by atoms with Gasteiger partial charge in [0.05, 0.1) is 5.56 Å². The molecule has 2 nitrogen and oxygen atoms in total. The van der Waals surface area contributed by atoms with Crippen LogP contribution in [0.5, 0.6) is 0 Å². The molecule has 0 fully saturated rings. The number of hydrogen-bond donors (Lipinski definition) is 1. The highest BCUT2D eigenvalue weighted by molar-refractivity contribution is 5.91. The first kappa shape index (κ1) is 12.6. The van der Waals surface area contributed by atoms with E-state index in [0.29, 0.717) is 5.56 Å². The Morgan fingerprint density at radius 3 is 2.65 bits per heavy atom. The van der Waals surface area contributed by atoms with Crippen LogP contribution in [0.4, 0.5) is 4.39 Å². The average Bonchev–Trinajstić information content (AvgIpc) is 2.46. The molecule has 1 N–H and O–H groups in total. The summed E-state index contributed by atoms with van der Waals surface area (Å²) >= 11 is 0. The van der Waals surface area contributed by atoms with Crippen LogP contribution < -0.4 is 0 Å². The van der Waals surface area contributed by atoms with Crippen LogP contribution in [0, 0.1) is 5.82 Å². The van der Waals surface area contributed by atoms with Crippen molar-refractivity contribution in [2.45, 2.75) is 12.8 Å². The zero-order valence-electron chi connectivity index (χ0n) is 10.8. The summed E-state index contributed by atoms with van der Waals surface area (Å²) in [5.74, 6) is -1.25. The standard InChI is InChI=1S/C17H13FO2/c18-16-7-2-1-5-14(16)13-6-3-4-11-8-9-12(17(19)20)10-15(11)13/h1-2,5-10H,3-4H2,(H,19,20). The molecule has 3 rings (SSSR count). The number of allylic oxidation sites excluding steroid dienone is 1. The van der Waals surface area contributed by atoms with Gasteiger partial charge < -0.3 is 5.11 Å². The van der Waals surface area contributed by atoms with E-state index >= 15 is 0 Å². The lowest BCUT2D eigenvalue weighted by molar-refractivity contribution is 0.0697. The summed E-state index contributed by atoms with van der Waals surface area (Å²) in [6.45, 7) is 0. The van der Waals surface area contributed by atoms with Crippen molar-refractivity contribution in [2.24, 2.45) is 0 Å². The molecule has 2 aromatic carbocycles. The predicted octanol–water partition coefficient (Wildman–Crippen LogP) is 3.90. The molecule has 0 bridgehead atoms. The second-order valence-corrected chi connectivity index (χ2v) is 4.81. The lowest BCUT2D eigenvalue weighted by Gasteiger charge is -2.19. The molecule has 20 heavy (non-hydrogen) atoms. The molecule has 3 heteroatoms. The van der Waals surface area contributed by atoms with Gasteiger partial charge in [-0.05, 0) is 47.7 Å². The molecular weight excluding hydrogens is 255 g/mol. The smallest absolute Gasteiger partial charge is 0.335 e. The van der Waals surface area contributed by atoms with E-state index in [2.05, 4.69) is 0 Å². The molecule has 0 aliphatic heterocycles. The highest BCUT2D eigenvalue weighted by atomic mass is 19.1. The Hall–Kier alpha value is -2.42. The molecule has 0 spiro atoms. The van der Waals surface area contributed by atoms with Gasteiger partial charge in [0.25, 0.3) is 0 Å². The fraction of sp³-hybridized carbons (Fsp3) is 0.118. The van der Waals surface area contributed by atoms with E-state index in [1.165, 1.54) is 6.07 Å². The SMILES string of the molecule is O=C(O)c1ccc2c(c1)C(c1ccccc1F)=CCC2. The second kappa shape index (κ2) is 4.93. The third-order valence-electron chi connectivity index (χ3n) is 3.57. The van der Waals surface area contributed by atoms with Crippen molar-refractivity contribution in [1.29, 1.82) is 0 Å². The first-order valence-electron chi connectivity index (χ1n) is 6.48. The summed E-state index contributed by atoms with van der Waals surface area (Å²) in [4.78, 5) is 11.1. The van der Waals surface area contributed by atoms with Crippen molar-refractivity contribution in [3.05, 3.63) is 76.6 Å². The highest BCUT2D eigenvalue weighted by Crippen LogP contribution is 2.33. The van der Waals surface area contributed by atoms with Gasteiger partial charge >= 0.3 is 5.97 Å². The maximum atomic E-state index is 14.0. The third kappa shape index (κ3) is 2.11. The van der Waals surface area contributed by atoms with E-state index in [1.807, 2.05) is 12.1 Å². The molecule has 2 aromatic rings. The largest absolute Gasteiger partial charge is 0.478 e. The number of carbonyl (C=O) groups is 1. The Kier molecular flexibility index (Phi) is 3.11. The van der Waals surface area contributed by atoms with Gasteiger partial charge in [-0.25, -0.2) is 9.18 Å². The fourth-order valence-corrected chi connectivity index (χ4v) is 2.59. The minimum atomic E-state index is -0.966. The zero-order chi connectivity index (χ0) is 14.1. The van der Waals surface area contributed by atoms with E-state index in [1.54, 1.807) is 30.3 Å². The van der Waals surface area contributed by atoms with E-state index < -0.39 is 5.97 Å². The van der Waals surface area contributed by atoms with Gasteiger partial charge in [-0.1, -0.05) is 30.3 Å². The summed E-state index contributed by atoms with van der Waals surface area (Å²) in [7, 11) is 0. The molecule has 0 atom stereocenters. The quantitative estimate of drug-likeness (QED) is 0.896. The van der Waals surface area contributed by atoms with Crippen molar-refractivity contribution in [3.63, 3.8) is 0 Å². The van der Waals surface area contributed by atoms with Crippen molar-refractivity contribution in [1.82, 2.24) is 0 Å². The Balaban J connectivity index is 2.17. The molecule has 100 valence electrons. The van der Waals surface area contributed by atoms with Crippen LogP contribution in [0.25, 0.3) is 5.57 Å². The Bertz CT molecular complexity index is 717. The van der Waals surface area contributed by atoms with E-state index in [4.69, 9.17) is 5.11 Å². The first-order chi connectivity index (χ1) is 9.66. The van der Waals surface area contributed by atoms with Crippen LogP contribution in [0.15, 0.2) is 48.5 Å². The Labute approximate surface area is 116 Å². The average molecular weight is 268 g/mol.